The number of pyridine rings is 1. The number of fused-ring (bicyclic) bond motifs is 1. The molecule has 0 spiro atoms. The number of furan rings is 1. The van der Waals surface area contributed by atoms with E-state index >= 15 is 0 Å². The van der Waals surface area contributed by atoms with E-state index in [1.54, 1.807) is 25.1 Å². The molecule has 42 heavy (non-hydrogen) atoms. The van der Waals surface area contributed by atoms with Crippen LogP contribution in [0.2, 0.25) is 5.02 Å². The fraction of sp³-hybridized carbons (Fsp3) is 0.161. The Morgan fingerprint density at radius 2 is 1.71 bits per heavy atom. The third-order valence-corrected chi connectivity index (χ3v) is 8.25. The number of aromatic nitrogens is 1. The van der Waals surface area contributed by atoms with Gasteiger partial charge in [0.25, 0.3) is 5.91 Å². The zero-order valence-corrected chi connectivity index (χ0v) is 24.0. The first-order chi connectivity index (χ1) is 19.8. The first kappa shape index (κ1) is 29.3. The first-order valence-electron chi connectivity index (χ1n) is 12.7. The second-order valence-corrected chi connectivity index (χ2v) is 12.3. The van der Waals surface area contributed by atoms with Gasteiger partial charge in [-0.3, -0.25) is 9.78 Å². The average molecular weight is 613 g/mol. The average Bonchev–Trinajstić information content (AvgIpc) is 3.42. The van der Waals surface area contributed by atoms with E-state index in [2.05, 4.69) is 4.98 Å². The zero-order valence-electron chi connectivity index (χ0n) is 22.4. The molecule has 0 unspecified atom stereocenters. The fourth-order valence-corrected chi connectivity index (χ4v) is 5.50. The number of halogens is 4. The van der Waals surface area contributed by atoms with Crippen molar-refractivity contribution >= 4 is 38.1 Å². The van der Waals surface area contributed by atoms with Gasteiger partial charge in [0, 0.05) is 35.8 Å². The van der Waals surface area contributed by atoms with Crippen LogP contribution in [0, 0.1) is 6.92 Å². The van der Waals surface area contributed by atoms with E-state index in [1.165, 1.54) is 29.4 Å². The van der Waals surface area contributed by atoms with Crippen molar-refractivity contribution < 1.29 is 30.8 Å². The Morgan fingerprint density at radius 1 is 0.952 bits per heavy atom. The van der Waals surface area contributed by atoms with Crippen molar-refractivity contribution in [2.75, 3.05) is 6.26 Å². The smallest absolute Gasteiger partial charge is 0.449 e. The molecule has 2 aromatic heterocycles. The topological polar surface area (TPSA) is 80.5 Å². The number of alkyl halides is 3. The molecular weight excluding hydrogens is 589 g/mol. The molecule has 3 aromatic carbocycles. The summed E-state index contributed by atoms with van der Waals surface area (Å²) in [6, 6.07) is 19.6. The number of nitrogens with zero attached hydrogens (tertiary/aromatic N) is 2. The Labute approximate surface area is 245 Å². The van der Waals surface area contributed by atoms with Crippen molar-refractivity contribution in [2.45, 2.75) is 31.1 Å². The third kappa shape index (κ3) is 6.19. The van der Waals surface area contributed by atoms with Crippen LogP contribution in [0.15, 0.2) is 94.5 Å². The van der Waals surface area contributed by atoms with Crippen LogP contribution in [0.5, 0.6) is 0 Å². The molecule has 0 saturated heterocycles. The maximum atomic E-state index is 14.1. The second kappa shape index (κ2) is 11.3. The van der Waals surface area contributed by atoms with E-state index in [0.29, 0.717) is 33.2 Å². The molecule has 0 aliphatic heterocycles. The van der Waals surface area contributed by atoms with Gasteiger partial charge in [0.2, 0.25) is 5.76 Å². The molecule has 216 valence electrons. The van der Waals surface area contributed by atoms with Gasteiger partial charge in [-0.25, -0.2) is 8.42 Å². The van der Waals surface area contributed by atoms with Gasteiger partial charge in [-0.05, 0) is 58.7 Å². The summed E-state index contributed by atoms with van der Waals surface area (Å²) >= 11 is 6.65. The molecule has 0 fully saturated rings. The Hall–Kier alpha value is -4.15. The first-order valence-corrected chi connectivity index (χ1v) is 15.0. The van der Waals surface area contributed by atoms with Crippen molar-refractivity contribution in [1.29, 1.82) is 0 Å². The van der Waals surface area contributed by atoms with Gasteiger partial charge in [-0.2, -0.15) is 13.2 Å². The lowest BCUT2D eigenvalue weighted by Crippen LogP contribution is -2.31. The minimum atomic E-state index is -4.66. The number of hydrogen-bond acceptors (Lipinski definition) is 5. The highest BCUT2D eigenvalue weighted by Gasteiger charge is 2.35. The minimum Gasteiger partial charge on any atom is -0.455 e. The van der Waals surface area contributed by atoms with Crippen LogP contribution in [0.4, 0.5) is 13.2 Å². The van der Waals surface area contributed by atoms with Gasteiger partial charge < -0.3 is 9.32 Å². The van der Waals surface area contributed by atoms with Crippen LogP contribution in [0.3, 0.4) is 0 Å². The van der Waals surface area contributed by atoms with Crippen LogP contribution in [0.1, 0.15) is 33.0 Å². The van der Waals surface area contributed by atoms with E-state index < -0.39 is 27.7 Å². The standard InChI is InChI=1S/C31H24ClF3N2O4S/c1-19-7-8-20-5-3-4-6-26(20)29(19)30(38)37(18-24-11-12-28(41-24)31(33,34)35)17-22-10-9-21(14-27(22)32)23-13-25(16-36-15-23)42(2,39)40/h3-16H,17-18H2,1-2H3. The predicted molar refractivity (Wildman–Crippen MR) is 154 cm³/mol. The third-order valence-electron chi connectivity index (χ3n) is 6.82. The molecule has 5 aromatic rings. The molecule has 11 heteroatoms. The molecule has 0 radical (unpaired) electrons. The van der Waals surface area contributed by atoms with E-state index in [1.807, 2.05) is 36.4 Å². The largest absolute Gasteiger partial charge is 0.455 e. The number of carbonyl (C=O) groups is 1. The summed E-state index contributed by atoms with van der Waals surface area (Å²) in [7, 11) is -3.48. The molecule has 0 N–H and O–H groups in total. The van der Waals surface area contributed by atoms with E-state index in [-0.39, 0.29) is 28.8 Å². The fourth-order valence-electron chi connectivity index (χ4n) is 4.67. The van der Waals surface area contributed by atoms with Gasteiger partial charge in [0.1, 0.15) is 5.76 Å². The van der Waals surface area contributed by atoms with Gasteiger partial charge >= 0.3 is 6.18 Å². The van der Waals surface area contributed by atoms with Crippen molar-refractivity contribution in [3.63, 3.8) is 0 Å². The lowest BCUT2D eigenvalue weighted by atomic mass is 9.98. The summed E-state index contributed by atoms with van der Waals surface area (Å²) < 4.78 is 68.7. The zero-order chi connectivity index (χ0) is 30.2. The number of aryl methyl sites for hydroxylation is 1. The summed E-state index contributed by atoms with van der Waals surface area (Å²) in [6.45, 7) is 1.52. The van der Waals surface area contributed by atoms with Gasteiger partial charge in [0.15, 0.2) is 9.84 Å². The van der Waals surface area contributed by atoms with Gasteiger partial charge in [0.05, 0.1) is 17.0 Å². The molecule has 6 nitrogen and oxygen atoms in total. The Kier molecular flexibility index (Phi) is 7.87. The molecule has 0 aliphatic rings. The van der Waals surface area contributed by atoms with Crippen LogP contribution in [-0.4, -0.2) is 30.5 Å². The van der Waals surface area contributed by atoms with Gasteiger partial charge in [-0.1, -0.05) is 60.1 Å². The normalized spacial score (nSPS) is 12.0. The molecule has 2 heterocycles. The number of carbonyl (C=O) groups excluding carboxylic acids is 1. The SMILES string of the molecule is Cc1ccc2ccccc2c1C(=O)N(Cc1ccc(C(F)(F)F)o1)Cc1ccc(-c2cncc(S(C)(=O)=O)c2)cc1Cl. The predicted octanol–water partition coefficient (Wildman–Crippen LogP) is 7.72. The maximum absolute atomic E-state index is 14.1. The molecule has 0 saturated carbocycles. The van der Waals surface area contributed by atoms with Crippen LogP contribution in [-0.2, 0) is 29.1 Å². The highest BCUT2D eigenvalue weighted by Crippen LogP contribution is 2.33. The van der Waals surface area contributed by atoms with Crippen molar-refractivity contribution in [3.8, 4) is 11.1 Å². The molecule has 0 bridgehead atoms. The summed E-state index contributed by atoms with van der Waals surface area (Å²) in [6.07, 6.45) is -0.813. The Balaban J connectivity index is 1.53. The molecular formula is C31H24ClF3N2O4S. The number of benzene rings is 3. The summed E-state index contributed by atoms with van der Waals surface area (Å²) in [5, 5.41) is 1.83. The monoisotopic (exact) mass is 612 g/mol. The summed E-state index contributed by atoms with van der Waals surface area (Å²) in [4.78, 5) is 19.5. The maximum Gasteiger partial charge on any atom is 0.449 e. The molecule has 1 amide bonds. The lowest BCUT2D eigenvalue weighted by Gasteiger charge is -2.24. The summed E-state index contributed by atoms with van der Waals surface area (Å²) in [5.74, 6) is -1.59. The molecule has 0 aliphatic carbocycles. The number of hydrogen-bond donors (Lipinski definition) is 0. The van der Waals surface area contributed by atoms with Gasteiger partial charge in [-0.15, -0.1) is 0 Å². The van der Waals surface area contributed by atoms with E-state index in [9.17, 15) is 26.4 Å². The van der Waals surface area contributed by atoms with Crippen molar-refractivity contribution in [3.05, 3.63) is 118 Å². The Bertz CT molecular complexity index is 1920. The quantitative estimate of drug-likeness (QED) is 0.188. The van der Waals surface area contributed by atoms with E-state index in [0.717, 1.165) is 17.7 Å². The second-order valence-electron chi connectivity index (χ2n) is 9.89. The number of rotatable bonds is 7. The highest BCUT2D eigenvalue weighted by atomic mass is 35.5. The van der Waals surface area contributed by atoms with Crippen LogP contribution < -0.4 is 0 Å². The van der Waals surface area contributed by atoms with Crippen LogP contribution >= 0.6 is 11.6 Å². The number of amides is 1. The highest BCUT2D eigenvalue weighted by molar-refractivity contribution is 7.90. The molecule has 5 rings (SSSR count). The lowest BCUT2D eigenvalue weighted by molar-refractivity contribution is -0.153. The van der Waals surface area contributed by atoms with Crippen LogP contribution in [0.25, 0.3) is 21.9 Å². The molecule has 0 atom stereocenters. The van der Waals surface area contributed by atoms with E-state index in [4.69, 9.17) is 16.0 Å². The van der Waals surface area contributed by atoms with Crippen molar-refractivity contribution in [1.82, 2.24) is 9.88 Å². The Morgan fingerprint density at radius 3 is 2.40 bits per heavy atom. The summed E-state index contributed by atoms with van der Waals surface area (Å²) in [5.41, 5.74) is 2.79. The minimum absolute atomic E-state index is 0.0371. The van der Waals surface area contributed by atoms with Crippen molar-refractivity contribution in [2.24, 2.45) is 0 Å². The number of sulfone groups is 1.